The van der Waals surface area contributed by atoms with Gasteiger partial charge in [0.05, 0.1) is 6.10 Å². The molecule has 4 N–H and O–H groups in total. The van der Waals surface area contributed by atoms with Crippen LogP contribution in [0.4, 0.5) is 4.79 Å². The quantitative estimate of drug-likeness (QED) is 0.474. The molecule has 0 heterocycles. The number of carbonyl (C=O) groups is 3. The average molecular weight is 467 g/mol. The lowest BCUT2D eigenvalue weighted by molar-refractivity contribution is -0.145. The van der Waals surface area contributed by atoms with Crippen molar-refractivity contribution in [2.45, 2.75) is 44.2 Å². The number of nitrogens with one attached hydrogen (secondary N) is 2. The second kappa shape index (κ2) is 10.3. The van der Waals surface area contributed by atoms with Gasteiger partial charge in [-0.25, -0.2) is 9.59 Å². The minimum Gasteiger partial charge on any atom is -0.480 e. The Balaban J connectivity index is 1.31. The van der Waals surface area contributed by atoms with Gasteiger partial charge < -0.3 is 25.6 Å². The molecule has 0 saturated heterocycles. The highest BCUT2D eigenvalue weighted by Gasteiger charge is 2.36. The Labute approximate surface area is 198 Å². The molecule has 4 atom stereocenters. The molecule has 2 unspecified atom stereocenters. The summed E-state index contributed by atoms with van der Waals surface area (Å²) in [5.41, 5.74) is 4.58. The number of aliphatic hydroxyl groups excluding tert-OH is 1. The molecular formula is C26H30N2O6. The largest absolute Gasteiger partial charge is 0.480 e. The maximum Gasteiger partial charge on any atom is 0.407 e. The van der Waals surface area contributed by atoms with E-state index in [0.29, 0.717) is 6.42 Å². The molecule has 0 bridgehead atoms. The van der Waals surface area contributed by atoms with E-state index in [4.69, 9.17) is 4.74 Å². The van der Waals surface area contributed by atoms with Crippen LogP contribution in [0.5, 0.6) is 0 Å². The molecule has 8 heteroatoms. The van der Waals surface area contributed by atoms with Gasteiger partial charge in [0.2, 0.25) is 5.91 Å². The number of alkyl carbamates (subject to hydrolysis) is 1. The summed E-state index contributed by atoms with van der Waals surface area (Å²) in [7, 11) is 0. The van der Waals surface area contributed by atoms with E-state index >= 15 is 0 Å². The van der Waals surface area contributed by atoms with Crippen molar-refractivity contribution >= 4 is 18.0 Å². The van der Waals surface area contributed by atoms with Crippen LogP contribution in [0.15, 0.2) is 48.5 Å². The van der Waals surface area contributed by atoms with Crippen LogP contribution in [-0.2, 0) is 14.3 Å². The Bertz CT molecular complexity index is 1020. The summed E-state index contributed by atoms with van der Waals surface area (Å²) in [5.74, 6) is -2.27. The van der Waals surface area contributed by atoms with Gasteiger partial charge in [-0.1, -0.05) is 55.0 Å². The lowest BCUT2D eigenvalue weighted by Gasteiger charge is -2.23. The predicted molar refractivity (Wildman–Crippen MR) is 125 cm³/mol. The van der Waals surface area contributed by atoms with Crippen molar-refractivity contribution < 1.29 is 29.3 Å². The number of rotatable bonds is 8. The summed E-state index contributed by atoms with van der Waals surface area (Å²) in [6.45, 7) is 1.80. The van der Waals surface area contributed by atoms with Crippen LogP contribution in [0.1, 0.15) is 43.2 Å². The van der Waals surface area contributed by atoms with E-state index in [0.717, 1.165) is 35.1 Å². The molecule has 0 spiro atoms. The van der Waals surface area contributed by atoms with Gasteiger partial charge in [-0.2, -0.15) is 0 Å². The number of benzene rings is 2. The molecule has 2 aliphatic carbocycles. The predicted octanol–water partition coefficient (Wildman–Crippen LogP) is 2.89. The van der Waals surface area contributed by atoms with Crippen molar-refractivity contribution in [3.8, 4) is 11.1 Å². The summed E-state index contributed by atoms with van der Waals surface area (Å²) >= 11 is 0. The molecule has 2 aromatic carbocycles. The van der Waals surface area contributed by atoms with Crippen molar-refractivity contribution in [1.29, 1.82) is 0 Å². The van der Waals surface area contributed by atoms with Gasteiger partial charge in [-0.3, -0.25) is 4.79 Å². The molecule has 1 fully saturated rings. The van der Waals surface area contributed by atoms with Gasteiger partial charge in [0.1, 0.15) is 6.61 Å². The normalized spacial score (nSPS) is 20.6. The Kier molecular flexibility index (Phi) is 7.17. The first kappa shape index (κ1) is 23.8. The highest BCUT2D eigenvalue weighted by Crippen LogP contribution is 2.44. The first-order valence-corrected chi connectivity index (χ1v) is 11.7. The third-order valence-electron chi connectivity index (χ3n) is 6.89. The van der Waals surface area contributed by atoms with E-state index in [1.807, 2.05) is 24.3 Å². The zero-order chi connectivity index (χ0) is 24.2. The molecule has 0 radical (unpaired) electrons. The number of amides is 2. The highest BCUT2D eigenvalue weighted by atomic mass is 16.5. The monoisotopic (exact) mass is 466 g/mol. The second-order valence-electron chi connectivity index (χ2n) is 9.07. The maximum atomic E-state index is 12.6. The Hall–Kier alpha value is -3.39. The number of fused-ring (bicyclic) bond motifs is 3. The lowest BCUT2D eigenvalue weighted by atomic mass is 9.94. The van der Waals surface area contributed by atoms with Crippen molar-refractivity contribution in [1.82, 2.24) is 10.6 Å². The minimum absolute atomic E-state index is 0.0309. The number of carboxylic acid groups (broad SMARTS) is 1. The van der Waals surface area contributed by atoms with Crippen LogP contribution in [0.3, 0.4) is 0 Å². The Morgan fingerprint density at radius 1 is 1.03 bits per heavy atom. The number of carbonyl (C=O) groups excluding carboxylic acids is 2. The van der Waals surface area contributed by atoms with Crippen LogP contribution < -0.4 is 10.6 Å². The van der Waals surface area contributed by atoms with E-state index in [1.54, 1.807) is 0 Å². The zero-order valence-corrected chi connectivity index (χ0v) is 19.1. The summed E-state index contributed by atoms with van der Waals surface area (Å²) in [6, 6.07) is 14.9. The van der Waals surface area contributed by atoms with Gasteiger partial charge in [0.15, 0.2) is 6.04 Å². The van der Waals surface area contributed by atoms with Gasteiger partial charge >= 0.3 is 12.1 Å². The zero-order valence-electron chi connectivity index (χ0n) is 19.1. The summed E-state index contributed by atoms with van der Waals surface area (Å²) < 4.78 is 5.56. The summed E-state index contributed by atoms with van der Waals surface area (Å²) in [6.07, 6.45) is 0.408. The number of ether oxygens (including phenoxy) is 1. The van der Waals surface area contributed by atoms with Crippen molar-refractivity contribution in [2.75, 3.05) is 13.2 Å². The van der Waals surface area contributed by atoms with Crippen molar-refractivity contribution in [2.24, 2.45) is 11.8 Å². The number of aliphatic carboxylic acids is 1. The molecule has 1 saturated carbocycles. The molecule has 0 aromatic heterocycles. The van der Waals surface area contributed by atoms with Gasteiger partial charge in [-0.05, 0) is 47.9 Å². The minimum atomic E-state index is -1.36. The van der Waals surface area contributed by atoms with Crippen molar-refractivity contribution in [3.05, 3.63) is 59.7 Å². The molecule has 8 nitrogen and oxygen atoms in total. The maximum absolute atomic E-state index is 12.6. The molecule has 4 rings (SSSR count). The second-order valence-corrected chi connectivity index (χ2v) is 9.07. The molecule has 2 amide bonds. The van der Waals surface area contributed by atoms with Gasteiger partial charge in [-0.15, -0.1) is 0 Å². The van der Waals surface area contributed by atoms with E-state index in [2.05, 4.69) is 34.9 Å². The summed E-state index contributed by atoms with van der Waals surface area (Å²) in [4.78, 5) is 36.4. The first-order valence-electron chi connectivity index (χ1n) is 11.7. The average Bonchev–Trinajstić information content (AvgIpc) is 3.42. The third-order valence-corrected chi connectivity index (χ3v) is 6.89. The highest BCUT2D eigenvalue weighted by molar-refractivity contribution is 5.85. The van der Waals surface area contributed by atoms with E-state index in [-0.39, 0.29) is 25.0 Å². The molecule has 34 heavy (non-hydrogen) atoms. The Morgan fingerprint density at radius 3 is 2.24 bits per heavy atom. The van der Waals surface area contributed by atoms with Crippen LogP contribution in [0.2, 0.25) is 0 Å². The first-order chi connectivity index (χ1) is 16.4. The Morgan fingerprint density at radius 2 is 1.65 bits per heavy atom. The number of hydrogen-bond donors (Lipinski definition) is 4. The van der Waals surface area contributed by atoms with Crippen molar-refractivity contribution in [3.63, 3.8) is 0 Å². The third kappa shape index (κ3) is 4.92. The van der Waals surface area contributed by atoms with E-state index < -0.39 is 36.0 Å². The SMILES string of the molecule is CC(O)C(NC(=O)[C@@H]1CCC[C@@H]1CNC(=O)OCC1c2ccccc2-c2ccccc21)C(=O)O. The molecule has 2 aromatic rings. The number of hydrogen-bond acceptors (Lipinski definition) is 5. The lowest BCUT2D eigenvalue weighted by Crippen LogP contribution is -2.50. The fraction of sp³-hybridized carbons (Fsp3) is 0.423. The van der Waals surface area contributed by atoms with E-state index in [9.17, 15) is 24.6 Å². The fourth-order valence-corrected chi connectivity index (χ4v) is 5.14. The number of aliphatic hydroxyl groups is 1. The topological polar surface area (TPSA) is 125 Å². The fourth-order valence-electron chi connectivity index (χ4n) is 5.14. The van der Waals surface area contributed by atoms with Crippen LogP contribution in [-0.4, -0.2) is 53.5 Å². The van der Waals surface area contributed by atoms with Crippen LogP contribution >= 0.6 is 0 Å². The molecule has 180 valence electrons. The van der Waals surface area contributed by atoms with E-state index in [1.165, 1.54) is 6.92 Å². The summed E-state index contributed by atoms with van der Waals surface area (Å²) in [5, 5.41) is 24.0. The van der Waals surface area contributed by atoms with Crippen LogP contribution in [0, 0.1) is 11.8 Å². The van der Waals surface area contributed by atoms with Crippen LogP contribution in [0.25, 0.3) is 11.1 Å². The molecule has 0 aliphatic heterocycles. The number of carboxylic acids is 1. The molecular weight excluding hydrogens is 436 g/mol. The standard InChI is InChI=1S/C26H30N2O6/c1-15(29)23(25(31)32)28-24(30)17-12-6-7-16(17)13-27-26(33)34-14-22-20-10-4-2-8-18(20)19-9-3-5-11-21(19)22/h2-5,8-11,15-17,22-23,29H,6-7,12-14H2,1H3,(H,27,33)(H,28,30)(H,31,32)/t15?,16-,17-,23?/m1/s1. The smallest absolute Gasteiger partial charge is 0.407 e. The van der Waals surface area contributed by atoms with Gasteiger partial charge in [0.25, 0.3) is 0 Å². The molecule has 2 aliphatic rings. The van der Waals surface area contributed by atoms with Gasteiger partial charge in [0, 0.05) is 18.4 Å².